The molecule has 0 spiro atoms. The van der Waals surface area contributed by atoms with Crippen molar-refractivity contribution in [3.05, 3.63) is 70.9 Å². The molecule has 1 aliphatic carbocycles. The van der Waals surface area contributed by atoms with Gasteiger partial charge in [-0.05, 0) is 50.3 Å². The van der Waals surface area contributed by atoms with Crippen LogP contribution >= 0.6 is 0 Å². The summed E-state index contributed by atoms with van der Waals surface area (Å²) >= 11 is 0. The molecule has 1 saturated carbocycles. The number of hydrogen-bond acceptors (Lipinski definition) is 7. The van der Waals surface area contributed by atoms with E-state index in [2.05, 4.69) is 62.9 Å². The molecule has 1 aromatic carbocycles. The Hall–Kier alpha value is -3.59. The van der Waals surface area contributed by atoms with Gasteiger partial charge in [0, 0.05) is 44.6 Å². The molecule has 1 unspecified atom stereocenters. The van der Waals surface area contributed by atoms with E-state index in [4.69, 9.17) is 0 Å². The van der Waals surface area contributed by atoms with Crippen LogP contribution in [0.3, 0.4) is 0 Å². The minimum atomic E-state index is -0.311. The standard InChI is InChI=1S/C29H37N7O2/c1-6-26(37)34(5)24-16-35(17-24)25(13-20-7-8-20)22-11-9-21(10-12-22)19(4)32-28-30-14-23-15-31-29(38)36(18(2)3)27(23)33-28/h6,9-12,14-15,18-20,24-25H,1,7-8,13,16-17H2,2-5H3,(H,30,32,33)/t19-,25?/m0/s1. The van der Waals surface area contributed by atoms with Crippen LogP contribution in [0.2, 0.25) is 0 Å². The number of aromatic nitrogens is 4. The van der Waals surface area contributed by atoms with Gasteiger partial charge in [-0.15, -0.1) is 0 Å². The number of nitrogens with zero attached hydrogens (tertiary/aromatic N) is 6. The van der Waals surface area contributed by atoms with Crippen LogP contribution in [0.4, 0.5) is 5.95 Å². The van der Waals surface area contributed by atoms with Crippen molar-refractivity contribution in [2.24, 2.45) is 5.92 Å². The van der Waals surface area contributed by atoms with Gasteiger partial charge in [0.2, 0.25) is 11.9 Å². The largest absolute Gasteiger partial charge is 0.349 e. The first kappa shape index (κ1) is 26.0. The van der Waals surface area contributed by atoms with Gasteiger partial charge in [0.25, 0.3) is 0 Å². The van der Waals surface area contributed by atoms with Crippen LogP contribution in [0.1, 0.15) is 69.3 Å². The lowest BCUT2D eigenvalue weighted by Crippen LogP contribution is -2.60. The van der Waals surface area contributed by atoms with Crippen LogP contribution in [-0.2, 0) is 4.79 Å². The third-order valence-corrected chi connectivity index (χ3v) is 7.88. The number of carbonyl (C=O) groups is 1. The number of carbonyl (C=O) groups excluding carboxylic acids is 1. The van der Waals surface area contributed by atoms with Gasteiger partial charge < -0.3 is 10.2 Å². The van der Waals surface area contributed by atoms with Crippen LogP contribution < -0.4 is 11.0 Å². The molecule has 2 fully saturated rings. The van der Waals surface area contributed by atoms with Gasteiger partial charge >= 0.3 is 5.69 Å². The second-order valence-electron chi connectivity index (χ2n) is 11.0. The second-order valence-corrected chi connectivity index (χ2v) is 11.0. The van der Waals surface area contributed by atoms with Crippen LogP contribution in [0.5, 0.6) is 0 Å². The highest BCUT2D eigenvalue weighted by molar-refractivity contribution is 5.87. The smallest absolute Gasteiger partial charge is 0.348 e. The lowest BCUT2D eigenvalue weighted by Gasteiger charge is -2.48. The molecule has 1 aliphatic heterocycles. The highest BCUT2D eigenvalue weighted by Crippen LogP contribution is 2.42. The van der Waals surface area contributed by atoms with E-state index in [1.54, 1.807) is 15.7 Å². The number of benzene rings is 1. The highest BCUT2D eigenvalue weighted by atomic mass is 16.2. The molecular formula is C29H37N7O2. The molecule has 9 nitrogen and oxygen atoms in total. The molecule has 9 heteroatoms. The number of likely N-dealkylation sites (N-methyl/N-ethyl adjacent to an activating group) is 1. The van der Waals surface area contributed by atoms with Crippen molar-refractivity contribution in [2.75, 3.05) is 25.5 Å². The average molecular weight is 516 g/mol. The van der Waals surface area contributed by atoms with Gasteiger partial charge in [0.1, 0.15) is 0 Å². The van der Waals surface area contributed by atoms with Gasteiger partial charge in [-0.1, -0.05) is 43.7 Å². The predicted molar refractivity (Wildman–Crippen MR) is 149 cm³/mol. The van der Waals surface area contributed by atoms with Crippen molar-refractivity contribution in [3.8, 4) is 0 Å². The first-order valence-electron chi connectivity index (χ1n) is 13.5. The first-order chi connectivity index (χ1) is 18.2. The van der Waals surface area contributed by atoms with E-state index in [0.717, 1.165) is 36.4 Å². The number of amides is 1. The van der Waals surface area contributed by atoms with Crippen molar-refractivity contribution in [3.63, 3.8) is 0 Å². The Morgan fingerprint density at radius 1 is 1.13 bits per heavy atom. The Morgan fingerprint density at radius 2 is 1.79 bits per heavy atom. The summed E-state index contributed by atoms with van der Waals surface area (Å²) in [6, 6.07) is 9.35. The fourth-order valence-corrected chi connectivity index (χ4v) is 5.24. The molecule has 0 radical (unpaired) electrons. The van der Waals surface area contributed by atoms with E-state index in [9.17, 15) is 9.59 Å². The summed E-state index contributed by atoms with van der Waals surface area (Å²) < 4.78 is 1.59. The van der Waals surface area contributed by atoms with E-state index in [1.165, 1.54) is 30.7 Å². The van der Waals surface area contributed by atoms with Gasteiger partial charge in [-0.3, -0.25) is 14.3 Å². The van der Waals surface area contributed by atoms with Crippen LogP contribution in [0.15, 0.2) is 54.1 Å². The molecule has 3 aromatic rings. The van der Waals surface area contributed by atoms with E-state index in [0.29, 0.717) is 17.6 Å². The van der Waals surface area contributed by atoms with Crippen molar-refractivity contribution in [1.82, 2.24) is 29.3 Å². The van der Waals surface area contributed by atoms with Crippen molar-refractivity contribution in [2.45, 2.75) is 64.2 Å². The van der Waals surface area contributed by atoms with Gasteiger partial charge in [-0.25, -0.2) is 14.8 Å². The summed E-state index contributed by atoms with van der Waals surface area (Å²) in [7, 11) is 1.86. The molecule has 0 bridgehead atoms. The summed E-state index contributed by atoms with van der Waals surface area (Å²) in [4.78, 5) is 41.6. The Morgan fingerprint density at radius 3 is 2.42 bits per heavy atom. The maximum Gasteiger partial charge on any atom is 0.349 e. The summed E-state index contributed by atoms with van der Waals surface area (Å²) in [6.07, 6.45) is 8.41. The molecular weight excluding hydrogens is 478 g/mol. The summed E-state index contributed by atoms with van der Waals surface area (Å²) in [5.41, 5.74) is 2.72. The van der Waals surface area contributed by atoms with Crippen molar-refractivity contribution < 1.29 is 4.79 Å². The molecule has 2 aromatic heterocycles. The lowest BCUT2D eigenvalue weighted by molar-refractivity contribution is -0.130. The van der Waals surface area contributed by atoms with E-state index in [-0.39, 0.29) is 29.7 Å². The lowest BCUT2D eigenvalue weighted by atomic mass is 9.93. The zero-order valence-electron chi connectivity index (χ0n) is 22.7. The van der Waals surface area contributed by atoms with Gasteiger partial charge in [0.15, 0.2) is 5.65 Å². The van der Waals surface area contributed by atoms with E-state index in [1.807, 2.05) is 20.9 Å². The number of fused-ring (bicyclic) bond motifs is 1. The van der Waals surface area contributed by atoms with Crippen molar-refractivity contribution >= 4 is 22.9 Å². The summed E-state index contributed by atoms with van der Waals surface area (Å²) in [5.74, 6) is 1.26. The maximum atomic E-state index is 12.3. The number of rotatable bonds is 10. The zero-order chi connectivity index (χ0) is 27.0. The first-order valence-corrected chi connectivity index (χ1v) is 13.5. The minimum Gasteiger partial charge on any atom is -0.348 e. The quantitative estimate of drug-likeness (QED) is 0.406. The molecule has 38 heavy (non-hydrogen) atoms. The molecule has 2 atom stereocenters. The summed E-state index contributed by atoms with van der Waals surface area (Å²) in [5, 5.41) is 4.12. The molecule has 1 saturated heterocycles. The third-order valence-electron chi connectivity index (χ3n) is 7.88. The third kappa shape index (κ3) is 5.34. The molecule has 1 amide bonds. The Bertz CT molecular complexity index is 1370. The molecule has 3 heterocycles. The number of hydrogen-bond donors (Lipinski definition) is 1. The molecule has 5 rings (SSSR count). The molecule has 2 aliphatic rings. The number of likely N-dealkylation sites (tertiary alicyclic amines) is 1. The minimum absolute atomic E-state index is 0.0150. The van der Waals surface area contributed by atoms with Gasteiger partial charge in [-0.2, -0.15) is 4.98 Å². The zero-order valence-corrected chi connectivity index (χ0v) is 22.7. The highest BCUT2D eigenvalue weighted by Gasteiger charge is 2.38. The van der Waals surface area contributed by atoms with Crippen LogP contribution in [0, 0.1) is 5.92 Å². The second kappa shape index (κ2) is 10.6. The maximum absolute atomic E-state index is 12.3. The topological polar surface area (TPSA) is 96.3 Å². The van der Waals surface area contributed by atoms with Crippen LogP contribution in [-0.4, -0.2) is 61.4 Å². The molecule has 1 N–H and O–H groups in total. The fourth-order valence-electron chi connectivity index (χ4n) is 5.24. The number of nitrogens with one attached hydrogen (secondary N) is 1. The SMILES string of the molecule is C=CC(=O)N(C)C1CN(C(CC2CC2)c2ccc([C@H](C)Nc3ncc4cnc(=O)n(C(C)C)c4n3)cc2)C1. The summed E-state index contributed by atoms with van der Waals surface area (Å²) in [6.45, 7) is 11.4. The van der Waals surface area contributed by atoms with Crippen LogP contribution in [0.25, 0.3) is 11.0 Å². The van der Waals surface area contributed by atoms with Crippen molar-refractivity contribution in [1.29, 1.82) is 0 Å². The normalized spacial score (nSPS) is 17.7. The van der Waals surface area contributed by atoms with E-state index < -0.39 is 0 Å². The predicted octanol–water partition coefficient (Wildman–Crippen LogP) is 4.11. The number of anilines is 1. The van der Waals surface area contributed by atoms with E-state index >= 15 is 0 Å². The molecule has 200 valence electrons. The Kier molecular flexibility index (Phi) is 7.29. The Labute approximate surface area is 223 Å². The van der Waals surface area contributed by atoms with Gasteiger partial charge in [0.05, 0.1) is 17.5 Å². The average Bonchev–Trinajstić information content (AvgIpc) is 3.70. The monoisotopic (exact) mass is 515 g/mol. The fraction of sp³-hybridized carbons (Fsp3) is 0.483. The Balaban J connectivity index is 1.29.